The summed E-state index contributed by atoms with van der Waals surface area (Å²) < 4.78 is 29.0. The van der Waals surface area contributed by atoms with Gasteiger partial charge in [-0.3, -0.25) is 4.79 Å². The van der Waals surface area contributed by atoms with E-state index in [1.165, 1.54) is 0 Å². The van der Waals surface area contributed by atoms with E-state index in [4.69, 9.17) is 10.5 Å². The third-order valence-corrected chi connectivity index (χ3v) is 3.98. The Morgan fingerprint density at radius 1 is 1.61 bits per heavy atom. The van der Waals surface area contributed by atoms with Gasteiger partial charge in [0.25, 0.3) is 0 Å². The average Bonchev–Trinajstić information content (AvgIpc) is 2.79. The lowest BCUT2D eigenvalue weighted by molar-refractivity contribution is -0.132. The lowest BCUT2D eigenvalue weighted by Gasteiger charge is -2.19. The second-order valence-corrected chi connectivity index (χ2v) is 6.89. The smallest absolute Gasteiger partial charge is 0.242 e. The molecule has 1 rings (SSSR count). The van der Waals surface area contributed by atoms with Gasteiger partial charge in [-0.1, -0.05) is 0 Å². The third-order valence-electron chi connectivity index (χ3n) is 2.29. The van der Waals surface area contributed by atoms with Crippen molar-refractivity contribution in [3.05, 3.63) is 0 Å². The summed E-state index contributed by atoms with van der Waals surface area (Å²) in [6, 6.07) is -0.679. The molecule has 0 saturated carbocycles. The van der Waals surface area contributed by atoms with Gasteiger partial charge in [0.2, 0.25) is 15.9 Å². The Hall–Kier alpha value is -0.350. The first-order valence-corrected chi connectivity index (χ1v) is 8.59. The van der Waals surface area contributed by atoms with Gasteiger partial charge in [-0.05, 0) is 0 Å². The summed E-state index contributed by atoms with van der Waals surface area (Å²) >= 11 is 1.69. The summed E-state index contributed by atoms with van der Waals surface area (Å²) in [6.45, 7) is 1.21. The molecule has 0 aromatic carbocycles. The molecule has 0 aromatic heterocycles. The van der Waals surface area contributed by atoms with E-state index in [-0.39, 0.29) is 25.7 Å². The van der Waals surface area contributed by atoms with Gasteiger partial charge in [0.05, 0.1) is 25.3 Å². The van der Waals surface area contributed by atoms with E-state index in [1.54, 1.807) is 16.7 Å². The highest BCUT2D eigenvalue weighted by molar-refractivity contribution is 7.99. The van der Waals surface area contributed by atoms with Crippen molar-refractivity contribution in [2.45, 2.75) is 6.04 Å². The van der Waals surface area contributed by atoms with Crippen molar-refractivity contribution in [1.82, 2.24) is 9.62 Å². The number of carbonyl (C=O) groups excluding carboxylic acids is 1. The zero-order valence-corrected chi connectivity index (χ0v) is 11.9. The molecule has 18 heavy (non-hydrogen) atoms. The molecule has 0 bridgehead atoms. The minimum atomic E-state index is -3.19. The first-order chi connectivity index (χ1) is 8.40. The van der Waals surface area contributed by atoms with Crippen LogP contribution < -0.4 is 10.5 Å². The number of nitrogens with zero attached hydrogens (tertiary/aromatic N) is 1. The highest BCUT2D eigenvalue weighted by atomic mass is 32.2. The SMILES string of the molecule is CS(=O)(=O)NCCOCC(N)C(=O)N1CCSC1. The van der Waals surface area contributed by atoms with Crippen LogP contribution in [-0.4, -0.2) is 69.5 Å². The van der Waals surface area contributed by atoms with Crippen LogP contribution in [0.3, 0.4) is 0 Å². The van der Waals surface area contributed by atoms with E-state index in [1.807, 2.05) is 0 Å². The Bertz CT molecular complexity index is 368. The minimum absolute atomic E-state index is 0.103. The Labute approximate surface area is 111 Å². The van der Waals surface area contributed by atoms with Crippen LogP contribution in [0.15, 0.2) is 0 Å². The second-order valence-electron chi connectivity index (χ2n) is 3.99. The van der Waals surface area contributed by atoms with Crippen LogP contribution in [0, 0.1) is 0 Å². The van der Waals surface area contributed by atoms with E-state index < -0.39 is 16.1 Å². The fourth-order valence-electron chi connectivity index (χ4n) is 1.40. The van der Waals surface area contributed by atoms with Crippen LogP contribution >= 0.6 is 11.8 Å². The van der Waals surface area contributed by atoms with Gasteiger partial charge in [-0.15, -0.1) is 11.8 Å². The Morgan fingerprint density at radius 3 is 2.89 bits per heavy atom. The number of ether oxygens (including phenoxy) is 1. The largest absolute Gasteiger partial charge is 0.378 e. The number of nitrogens with one attached hydrogen (secondary N) is 1. The van der Waals surface area contributed by atoms with Crippen molar-refractivity contribution >= 4 is 27.7 Å². The lowest BCUT2D eigenvalue weighted by atomic mass is 10.3. The molecule has 1 aliphatic heterocycles. The molecule has 1 unspecified atom stereocenters. The van der Waals surface area contributed by atoms with Crippen molar-refractivity contribution in [2.24, 2.45) is 5.73 Å². The molecule has 1 atom stereocenters. The van der Waals surface area contributed by atoms with Gasteiger partial charge < -0.3 is 15.4 Å². The lowest BCUT2D eigenvalue weighted by Crippen LogP contribution is -2.45. The molecule has 1 heterocycles. The van der Waals surface area contributed by atoms with Crippen molar-refractivity contribution in [1.29, 1.82) is 0 Å². The van der Waals surface area contributed by atoms with Gasteiger partial charge in [0.1, 0.15) is 6.04 Å². The van der Waals surface area contributed by atoms with E-state index >= 15 is 0 Å². The van der Waals surface area contributed by atoms with E-state index in [0.717, 1.165) is 18.6 Å². The molecule has 0 aliphatic carbocycles. The van der Waals surface area contributed by atoms with Crippen LogP contribution in [-0.2, 0) is 19.6 Å². The first kappa shape index (κ1) is 15.7. The van der Waals surface area contributed by atoms with Crippen LogP contribution in [0.4, 0.5) is 0 Å². The zero-order chi connectivity index (χ0) is 13.6. The van der Waals surface area contributed by atoms with E-state index in [2.05, 4.69) is 4.72 Å². The Morgan fingerprint density at radius 2 is 2.33 bits per heavy atom. The van der Waals surface area contributed by atoms with Crippen molar-refractivity contribution in [3.63, 3.8) is 0 Å². The summed E-state index contributed by atoms with van der Waals surface area (Å²) in [6.07, 6.45) is 1.08. The summed E-state index contributed by atoms with van der Waals surface area (Å²) in [4.78, 5) is 13.5. The number of amides is 1. The molecule has 1 saturated heterocycles. The number of hydrogen-bond acceptors (Lipinski definition) is 6. The van der Waals surface area contributed by atoms with Gasteiger partial charge in [-0.25, -0.2) is 13.1 Å². The Kier molecular flexibility index (Phi) is 6.36. The summed E-state index contributed by atoms with van der Waals surface area (Å²) in [5.74, 6) is 1.51. The van der Waals surface area contributed by atoms with Gasteiger partial charge >= 0.3 is 0 Å². The second kappa shape index (κ2) is 7.29. The predicted octanol–water partition coefficient (Wildman–Crippen LogP) is -1.59. The van der Waals surface area contributed by atoms with Crippen LogP contribution in [0.25, 0.3) is 0 Å². The normalized spacial score (nSPS) is 18.0. The van der Waals surface area contributed by atoms with Gasteiger partial charge in [0, 0.05) is 18.8 Å². The number of carbonyl (C=O) groups is 1. The van der Waals surface area contributed by atoms with Crippen molar-refractivity contribution < 1.29 is 17.9 Å². The maximum absolute atomic E-state index is 11.8. The summed E-state index contributed by atoms with van der Waals surface area (Å²) in [5, 5.41) is 0. The molecule has 106 valence electrons. The standard InChI is InChI=1S/C9H19N3O4S2/c1-18(14,15)11-2-4-16-6-8(10)9(13)12-3-5-17-7-12/h8,11H,2-7,10H2,1H3. The van der Waals surface area contributed by atoms with Crippen LogP contribution in [0.5, 0.6) is 0 Å². The fourth-order valence-corrected chi connectivity index (χ4v) is 2.81. The van der Waals surface area contributed by atoms with Crippen molar-refractivity contribution in [3.8, 4) is 0 Å². The monoisotopic (exact) mass is 297 g/mol. The molecule has 7 nitrogen and oxygen atoms in total. The highest BCUT2D eigenvalue weighted by Crippen LogP contribution is 2.13. The maximum atomic E-state index is 11.8. The molecular weight excluding hydrogens is 278 g/mol. The molecular formula is C9H19N3O4S2. The first-order valence-electron chi connectivity index (χ1n) is 5.54. The van der Waals surface area contributed by atoms with E-state index in [9.17, 15) is 13.2 Å². The summed E-state index contributed by atoms with van der Waals surface area (Å²) in [5.41, 5.74) is 5.70. The maximum Gasteiger partial charge on any atom is 0.242 e. The van der Waals surface area contributed by atoms with Crippen LogP contribution in [0.2, 0.25) is 0 Å². The predicted molar refractivity (Wildman–Crippen MR) is 70.7 cm³/mol. The molecule has 0 spiro atoms. The molecule has 9 heteroatoms. The number of rotatable bonds is 7. The zero-order valence-electron chi connectivity index (χ0n) is 10.3. The fraction of sp³-hybridized carbons (Fsp3) is 0.889. The number of nitrogens with two attached hydrogens (primary N) is 1. The van der Waals surface area contributed by atoms with Crippen LogP contribution in [0.1, 0.15) is 0 Å². The molecule has 0 radical (unpaired) electrons. The average molecular weight is 297 g/mol. The molecule has 1 fully saturated rings. The summed E-state index contributed by atoms with van der Waals surface area (Å²) in [7, 11) is -3.19. The number of hydrogen-bond donors (Lipinski definition) is 2. The highest BCUT2D eigenvalue weighted by Gasteiger charge is 2.23. The third kappa shape index (κ3) is 6.01. The number of sulfonamides is 1. The minimum Gasteiger partial charge on any atom is -0.378 e. The molecule has 1 amide bonds. The molecule has 1 aliphatic rings. The van der Waals surface area contributed by atoms with Gasteiger partial charge in [-0.2, -0.15) is 0 Å². The topological polar surface area (TPSA) is 102 Å². The van der Waals surface area contributed by atoms with Crippen molar-refractivity contribution in [2.75, 3.05) is 44.2 Å². The van der Waals surface area contributed by atoms with Gasteiger partial charge in [0.15, 0.2) is 0 Å². The Balaban J connectivity index is 2.13. The molecule has 0 aromatic rings. The van der Waals surface area contributed by atoms with E-state index in [0.29, 0.717) is 5.88 Å². The molecule has 3 N–H and O–H groups in total. The number of thioether (sulfide) groups is 1. The quantitative estimate of drug-likeness (QED) is 0.550.